The molecule has 0 aliphatic heterocycles. The van der Waals surface area contributed by atoms with E-state index in [2.05, 4.69) is 81.5 Å². The Balaban J connectivity index is 4.48. The summed E-state index contributed by atoms with van der Waals surface area (Å²) >= 11 is 0. The van der Waals surface area contributed by atoms with Crippen molar-refractivity contribution in [3.05, 3.63) is 60.8 Å². The molecule has 0 N–H and O–H groups in total. The van der Waals surface area contributed by atoms with E-state index in [1.807, 2.05) is 0 Å². The Kier molecular flexibility index (Phi) is 51.3. The van der Waals surface area contributed by atoms with Crippen molar-refractivity contribution in [3.63, 3.8) is 0 Å². The normalized spacial score (nSPS) is 12.5. The standard InChI is InChI=1S/C59H104O6/c1-4-7-10-13-16-19-22-25-28-30-32-34-37-40-43-46-49-52-58(61)64-55-56(54-63-57(60)51-48-45-42-39-36-33-27-24-21-18-15-12-9-6-3)65-59(62)53-50-47-44-41-38-35-31-29-26-23-20-17-14-11-8-5-2/h25,28-29,31-32,34-35,38,40,43,56H,4-24,26-27,30,33,36-37,39,41-42,44-55H2,1-3H3/b28-25-,31-29-,34-32-,38-35-,43-40-. The molecule has 0 fully saturated rings. The van der Waals surface area contributed by atoms with Gasteiger partial charge in [-0.15, -0.1) is 0 Å². The van der Waals surface area contributed by atoms with Crippen molar-refractivity contribution in [1.29, 1.82) is 0 Å². The molecule has 0 rings (SSSR count). The molecule has 0 bridgehead atoms. The first kappa shape index (κ1) is 62.1. The number of esters is 3. The minimum atomic E-state index is -0.806. The average Bonchev–Trinajstić information content (AvgIpc) is 3.30. The summed E-state index contributed by atoms with van der Waals surface area (Å²) in [5, 5.41) is 0. The summed E-state index contributed by atoms with van der Waals surface area (Å²) in [6.45, 7) is 6.58. The molecule has 0 saturated heterocycles. The highest BCUT2D eigenvalue weighted by Gasteiger charge is 2.19. The number of ether oxygens (including phenoxy) is 3. The van der Waals surface area contributed by atoms with Crippen molar-refractivity contribution in [2.45, 2.75) is 284 Å². The first-order valence-corrected chi connectivity index (χ1v) is 27.8. The van der Waals surface area contributed by atoms with Gasteiger partial charge in [0.2, 0.25) is 0 Å². The van der Waals surface area contributed by atoms with Crippen LogP contribution in [0.2, 0.25) is 0 Å². The molecule has 1 atom stereocenters. The minimum Gasteiger partial charge on any atom is -0.462 e. The van der Waals surface area contributed by atoms with Crippen LogP contribution in [-0.2, 0) is 28.6 Å². The molecule has 0 aliphatic carbocycles. The highest BCUT2D eigenvalue weighted by atomic mass is 16.6. The van der Waals surface area contributed by atoms with Crippen LogP contribution in [0.15, 0.2) is 60.8 Å². The monoisotopic (exact) mass is 909 g/mol. The van der Waals surface area contributed by atoms with Crippen molar-refractivity contribution in [2.24, 2.45) is 0 Å². The van der Waals surface area contributed by atoms with Crippen LogP contribution in [0.25, 0.3) is 0 Å². The third-order valence-electron chi connectivity index (χ3n) is 12.0. The number of carbonyl (C=O) groups excluding carboxylic acids is 3. The zero-order chi connectivity index (χ0) is 47.2. The van der Waals surface area contributed by atoms with Gasteiger partial charge in [-0.25, -0.2) is 0 Å². The van der Waals surface area contributed by atoms with Crippen LogP contribution in [0.4, 0.5) is 0 Å². The van der Waals surface area contributed by atoms with Crippen LogP contribution < -0.4 is 0 Å². The van der Waals surface area contributed by atoms with Gasteiger partial charge in [-0.2, -0.15) is 0 Å². The molecule has 6 nitrogen and oxygen atoms in total. The van der Waals surface area contributed by atoms with Gasteiger partial charge in [0.15, 0.2) is 6.10 Å². The van der Waals surface area contributed by atoms with E-state index in [-0.39, 0.29) is 44.0 Å². The largest absolute Gasteiger partial charge is 0.462 e. The lowest BCUT2D eigenvalue weighted by Crippen LogP contribution is -2.30. The van der Waals surface area contributed by atoms with Crippen LogP contribution in [-0.4, -0.2) is 37.2 Å². The van der Waals surface area contributed by atoms with Crippen molar-refractivity contribution in [3.8, 4) is 0 Å². The van der Waals surface area contributed by atoms with Gasteiger partial charge in [0, 0.05) is 19.3 Å². The van der Waals surface area contributed by atoms with Crippen LogP contribution in [0.5, 0.6) is 0 Å². The number of hydrogen-bond donors (Lipinski definition) is 0. The van der Waals surface area contributed by atoms with Crippen LogP contribution in [0, 0.1) is 0 Å². The smallest absolute Gasteiger partial charge is 0.306 e. The molecule has 376 valence electrons. The highest BCUT2D eigenvalue weighted by Crippen LogP contribution is 2.15. The van der Waals surface area contributed by atoms with Crippen molar-refractivity contribution >= 4 is 17.9 Å². The molecule has 0 radical (unpaired) electrons. The van der Waals surface area contributed by atoms with E-state index < -0.39 is 6.10 Å². The van der Waals surface area contributed by atoms with E-state index in [1.165, 1.54) is 161 Å². The van der Waals surface area contributed by atoms with Crippen molar-refractivity contribution < 1.29 is 28.6 Å². The van der Waals surface area contributed by atoms with E-state index in [9.17, 15) is 14.4 Å². The summed E-state index contributed by atoms with van der Waals surface area (Å²) < 4.78 is 16.8. The predicted molar refractivity (Wildman–Crippen MR) is 279 cm³/mol. The van der Waals surface area contributed by atoms with Crippen LogP contribution >= 0.6 is 0 Å². The lowest BCUT2D eigenvalue weighted by atomic mass is 10.0. The fourth-order valence-electron chi connectivity index (χ4n) is 7.80. The summed E-state index contributed by atoms with van der Waals surface area (Å²) in [4.78, 5) is 38.0. The molecule has 1 unspecified atom stereocenters. The molecule has 0 aromatic heterocycles. The summed E-state index contributed by atoms with van der Waals surface area (Å²) in [6.07, 6.45) is 66.4. The second kappa shape index (κ2) is 53.7. The van der Waals surface area contributed by atoms with Gasteiger partial charge >= 0.3 is 17.9 Å². The fraction of sp³-hybridized carbons (Fsp3) is 0.780. The number of hydrogen-bond acceptors (Lipinski definition) is 6. The Morgan fingerprint density at radius 2 is 0.615 bits per heavy atom. The number of carbonyl (C=O) groups is 3. The van der Waals surface area contributed by atoms with E-state index in [4.69, 9.17) is 14.2 Å². The molecule has 6 heteroatoms. The van der Waals surface area contributed by atoms with Gasteiger partial charge in [-0.05, 0) is 77.0 Å². The van der Waals surface area contributed by atoms with Gasteiger partial charge < -0.3 is 14.2 Å². The van der Waals surface area contributed by atoms with E-state index in [1.54, 1.807) is 0 Å². The van der Waals surface area contributed by atoms with Crippen molar-refractivity contribution in [1.82, 2.24) is 0 Å². The minimum absolute atomic E-state index is 0.0983. The number of allylic oxidation sites excluding steroid dienone is 10. The van der Waals surface area contributed by atoms with Crippen molar-refractivity contribution in [2.75, 3.05) is 13.2 Å². The van der Waals surface area contributed by atoms with Gasteiger partial charge in [0.25, 0.3) is 0 Å². The molecular weight excluding hydrogens is 805 g/mol. The van der Waals surface area contributed by atoms with E-state index in [0.717, 1.165) is 70.6 Å². The maximum absolute atomic E-state index is 12.8. The lowest BCUT2D eigenvalue weighted by molar-refractivity contribution is -0.167. The number of unbranched alkanes of at least 4 members (excludes halogenated alkanes) is 30. The summed E-state index contributed by atoms with van der Waals surface area (Å²) in [5.41, 5.74) is 0. The SMILES string of the molecule is CCCCCCCC/C=C\C/C=C\C/C=C\CCCC(=O)OCC(COC(=O)CCCCCCCCCCCCCCCC)OC(=O)CCCCC/C=C\C=C/CCCCCCCCC. The predicted octanol–water partition coefficient (Wildman–Crippen LogP) is 18.4. The Labute approximate surface area is 402 Å². The highest BCUT2D eigenvalue weighted by molar-refractivity contribution is 5.71. The molecule has 0 aliphatic rings. The molecular formula is C59H104O6. The maximum atomic E-state index is 12.8. The second-order valence-electron chi connectivity index (χ2n) is 18.5. The zero-order valence-electron chi connectivity index (χ0n) is 43.0. The molecule has 0 aromatic carbocycles. The molecule has 0 aromatic rings. The van der Waals surface area contributed by atoms with Crippen LogP contribution in [0.3, 0.4) is 0 Å². The topological polar surface area (TPSA) is 78.9 Å². The number of rotatable bonds is 50. The van der Waals surface area contributed by atoms with Gasteiger partial charge in [-0.1, -0.05) is 242 Å². The Hall–Kier alpha value is -2.89. The Bertz CT molecular complexity index is 1180. The van der Waals surface area contributed by atoms with Gasteiger partial charge in [-0.3, -0.25) is 14.4 Å². The van der Waals surface area contributed by atoms with E-state index >= 15 is 0 Å². The van der Waals surface area contributed by atoms with E-state index in [0.29, 0.717) is 12.8 Å². The third kappa shape index (κ3) is 51.9. The summed E-state index contributed by atoms with van der Waals surface area (Å²) in [7, 11) is 0. The fourth-order valence-corrected chi connectivity index (χ4v) is 7.80. The molecule has 65 heavy (non-hydrogen) atoms. The molecule has 0 spiro atoms. The quantitative estimate of drug-likeness (QED) is 0.0199. The second-order valence-corrected chi connectivity index (χ2v) is 18.5. The Morgan fingerprint density at radius 3 is 1.03 bits per heavy atom. The first-order chi connectivity index (χ1) is 32.0. The molecule has 0 saturated carbocycles. The third-order valence-corrected chi connectivity index (χ3v) is 12.0. The molecule has 0 heterocycles. The Morgan fingerprint density at radius 1 is 0.323 bits per heavy atom. The molecule has 0 amide bonds. The van der Waals surface area contributed by atoms with Gasteiger partial charge in [0.1, 0.15) is 13.2 Å². The summed E-state index contributed by atoms with van der Waals surface area (Å²) in [6, 6.07) is 0. The first-order valence-electron chi connectivity index (χ1n) is 27.8. The average molecular weight is 909 g/mol. The lowest BCUT2D eigenvalue weighted by Gasteiger charge is -2.18. The summed E-state index contributed by atoms with van der Waals surface area (Å²) in [5.74, 6) is -0.971. The van der Waals surface area contributed by atoms with Crippen LogP contribution in [0.1, 0.15) is 278 Å². The maximum Gasteiger partial charge on any atom is 0.306 e. The zero-order valence-corrected chi connectivity index (χ0v) is 43.0. The van der Waals surface area contributed by atoms with Gasteiger partial charge in [0.05, 0.1) is 0 Å².